The molecule has 2 bridgehead atoms. The van der Waals surface area contributed by atoms with Crippen LogP contribution in [0.5, 0.6) is 0 Å². The van der Waals surface area contributed by atoms with E-state index in [2.05, 4.69) is 20.8 Å². The van der Waals surface area contributed by atoms with Crippen molar-refractivity contribution in [3.8, 4) is 0 Å². The van der Waals surface area contributed by atoms with Gasteiger partial charge in [0.2, 0.25) is 0 Å². The topological polar surface area (TPSA) is 18.5 Å². The lowest BCUT2D eigenvalue weighted by molar-refractivity contribution is 0.131. The summed E-state index contributed by atoms with van der Waals surface area (Å²) in [6.45, 7) is 8.52. The van der Waals surface area contributed by atoms with Crippen molar-refractivity contribution < 1.29 is 8.85 Å². The third-order valence-electron chi connectivity index (χ3n) is 5.21. The van der Waals surface area contributed by atoms with Crippen molar-refractivity contribution in [3.05, 3.63) is 0 Å². The Hall–Kier alpha value is 0.137. The molecule has 0 saturated heterocycles. The van der Waals surface area contributed by atoms with E-state index in [9.17, 15) is 0 Å². The molecule has 2 saturated carbocycles. The van der Waals surface area contributed by atoms with Crippen molar-refractivity contribution in [2.24, 2.45) is 23.7 Å². The Balaban J connectivity index is 1.70. The average Bonchev–Trinajstić information content (AvgIpc) is 3.04. The van der Waals surface area contributed by atoms with Gasteiger partial charge in [0, 0.05) is 13.2 Å². The van der Waals surface area contributed by atoms with Crippen molar-refractivity contribution in [1.82, 2.24) is 0 Å². The Morgan fingerprint density at radius 2 is 2.00 bits per heavy atom. The summed E-state index contributed by atoms with van der Waals surface area (Å²) in [6.07, 6.45) is 8.49. The van der Waals surface area contributed by atoms with E-state index in [0.29, 0.717) is 0 Å². The van der Waals surface area contributed by atoms with Crippen LogP contribution < -0.4 is 0 Å². The van der Waals surface area contributed by atoms with Gasteiger partial charge in [-0.25, -0.2) is 0 Å². The first-order valence-corrected chi connectivity index (χ1v) is 10.2. The quantitative estimate of drug-likeness (QED) is 0.593. The minimum Gasteiger partial charge on any atom is -0.397 e. The molecule has 2 aliphatic rings. The molecule has 2 fully saturated rings. The summed E-state index contributed by atoms with van der Waals surface area (Å²) in [5, 5.41) is 0. The SMILES string of the molecule is CCCC[SiH](OCC)OCC(C)C1CC2CCC1C2. The molecule has 5 atom stereocenters. The van der Waals surface area contributed by atoms with E-state index in [1.54, 1.807) is 0 Å². The molecule has 0 aromatic heterocycles. The minimum atomic E-state index is -1.37. The van der Waals surface area contributed by atoms with Crippen molar-refractivity contribution in [2.75, 3.05) is 13.2 Å². The maximum atomic E-state index is 6.18. The second kappa shape index (κ2) is 7.80. The lowest BCUT2D eigenvalue weighted by Crippen LogP contribution is -2.29. The highest BCUT2D eigenvalue weighted by molar-refractivity contribution is 6.44. The molecule has 0 aromatic carbocycles. The summed E-state index contributed by atoms with van der Waals surface area (Å²) in [5.41, 5.74) is 0. The molecule has 0 aliphatic heterocycles. The van der Waals surface area contributed by atoms with Crippen LogP contribution in [0.15, 0.2) is 0 Å². The molecule has 2 nitrogen and oxygen atoms in total. The minimum absolute atomic E-state index is 0.743. The van der Waals surface area contributed by atoms with Crippen molar-refractivity contribution >= 4 is 9.28 Å². The van der Waals surface area contributed by atoms with Gasteiger partial charge in [-0.15, -0.1) is 0 Å². The maximum absolute atomic E-state index is 6.18. The van der Waals surface area contributed by atoms with E-state index in [4.69, 9.17) is 8.85 Å². The van der Waals surface area contributed by atoms with Gasteiger partial charge in [0.15, 0.2) is 0 Å². The molecule has 0 spiro atoms. The van der Waals surface area contributed by atoms with Crippen LogP contribution in [-0.4, -0.2) is 22.5 Å². The molecule has 0 N–H and O–H groups in total. The van der Waals surface area contributed by atoms with Gasteiger partial charge in [0.05, 0.1) is 0 Å². The van der Waals surface area contributed by atoms with Gasteiger partial charge in [-0.2, -0.15) is 0 Å². The Bertz CT molecular complexity index is 259. The van der Waals surface area contributed by atoms with E-state index in [1.807, 2.05) is 0 Å². The lowest BCUT2D eigenvalue weighted by atomic mass is 9.80. The Morgan fingerprint density at radius 3 is 2.58 bits per heavy atom. The zero-order chi connectivity index (χ0) is 13.7. The summed E-state index contributed by atoms with van der Waals surface area (Å²) in [6, 6.07) is 1.19. The van der Waals surface area contributed by atoms with Gasteiger partial charge in [-0.3, -0.25) is 0 Å². The third kappa shape index (κ3) is 4.30. The van der Waals surface area contributed by atoms with Gasteiger partial charge in [0.25, 0.3) is 0 Å². The van der Waals surface area contributed by atoms with Crippen LogP contribution in [0.2, 0.25) is 6.04 Å². The first-order chi connectivity index (χ1) is 9.24. The van der Waals surface area contributed by atoms with Crippen LogP contribution in [0.1, 0.15) is 59.3 Å². The van der Waals surface area contributed by atoms with Gasteiger partial charge in [0.1, 0.15) is 0 Å². The first kappa shape index (κ1) is 15.5. The highest BCUT2D eigenvalue weighted by Crippen LogP contribution is 2.51. The second-order valence-corrected chi connectivity index (χ2v) is 8.78. The standard InChI is InChI=1S/C16H32O2Si/c1-4-6-9-19(17-5-2)18-12-13(3)16-11-14-7-8-15(16)10-14/h13-16,19H,4-12H2,1-3H3. The van der Waals surface area contributed by atoms with E-state index >= 15 is 0 Å². The summed E-state index contributed by atoms with van der Waals surface area (Å²) < 4.78 is 12.0. The predicted molar refractivity (Wildman–Crippen MR) is 82.5 cm³/mol. The van der Waals surface area contributed by atoms with E-state index in [-0.39, 0.29) is 0 Å². The Morgan fingerprint density at radius 1 is 1.16 bits per heavy atom. The molecular formula is C16H32O2Si. The van der Waals surface area contributed by atoms with Crippen LogP contribution in [0, 0.1) is 23.7 Å². The monoisotopic (exact) mass is 284 g/mol. The largest absolute Gasteiger partial charge is 0.397 e. The van der Waals surface area contributed by atoms with E-state index < -0.39 is 9.28 Å². The molecule has 112 valence electrons. The molecule has 2 rings (SSSR count). The average molecular weight is 285 g/mol. The van der Waals surface area contributed by atoms with Crippen LogP contribution in [0.4, 0.5) is 0 Å². The molecule has 0 amide bonds. The summed E-state index contributed by atoms with van der Waals surface area (Å²) in [5.74, 6) is 3.76. The molecular weight excluding hydrogens is 252 g/mol. The highest BCUT2D eigenvalue weighted by atomic mass is 28.3. The smallest absolute Gasteiger partial charge is 0.321 e. The molecule has 2 aliphatic carbocycles. The van der Waals surface area contributed by atoms with Crippen molar-refractivity contribution in [2.45, 2.75) is 65.3 Å². The van der Waals surface area contributed by atoms with E-state index in [0.717, 1.165) is 36.9 Å². The van der Waals surface area contributed by atoms with Gasteiger partial charge < -0.3 is 8.85 Å². The molecule has 0 heterocycles. The van der Waals surface area contributed by atoms with Gasteiger partial charge >= 0.3 is 9.28 Å². The maximum Gasteiger partial charge on any atom is 0.321 e. The van der Waals surface area contributed by atoms with Gasteiger partial charge in [-0.1, -0.05) is 33.1 Å². The summed E-state index contributed by atoms with van der Waals surface area (Å²) in [4.78, 5) is 0. The number of hydrogen-bond donors (Lipinski definition) is 0. The number of hydrogen-bond acceptors (Lipinski definition) is 2. The number of unbranched alkanes of at least 4 members (excludes halogenated alkanes) is 1. The third-order valence-corrected chi connectivity index (χ3v) is 7.36. The Kier molecular flexibility index (Phi) is 6.37. The molecule has 3 heteroatoms. The van der Waals surface area contributed by atoms with E-state index in [1.165, 1.54) is 44.6 Å². The van der Waals surface area contributed by atoms with Crippen LogP contribution in [0.3, 0.4) is 0 Å². The van der Waals surface area contributed by atoms with Crippen molar-refractivity contribution in [1.29, 1.82) is 0 Å². The fraction of sp³-hybridized carbons (Fsp3) is 1.00. The van der Waals surface area contributed by atoms with Crippen LogP contribution >= 0.6 is 0 Å². The highest BCUT2D eigenvalue weighted by Gasteiger charge is 2.41. The van der Waals surface area contributed by atoms with Gasteiger partial charge in [-0.05, 0) is 55.9 Å². The number of fused-ring (bicyclic) bond motifs is 2. The molecule has 19 heavy (non-hydrogen) atoms. The summed E-state index contributed by atoms with van der Waals surface area (Å²) >= 11 is 0. The van der Waals surface area contributed by atoms with Crippen LogP contribution in [0.25, 0.3) is 0 Å². The molecule has 0 radical (unpaired) electrons. The second-order valence-electron chi connectivity index (χ2n) is 6.68. The molecule has 5 unspecified atom stereocenters. The fourth-order valence-corrected chi connectivity index (χ4v) is 6.21. The fourth-order valence-electron chi connectivity index (χ4n) is 4.15. The summed E-state index contributed by atoms with van der Waals surface area (Å²) in [7, 11) is -1.37. The molecule has 0 aromatic rings. The Labute approximate surface area is 121 Å². The first-order valence-electron chi connectivity index (χ1n) is 8.47. The van der Waals surface area contributed by atoms with Crippen LogP contribution in [-0.2, 0) is 8.85 Å². The lowest BCUT2D eigenvalue weighted by Gasteiger charge is -2.29. The predicted octanol–water partition coefficient (Wildman–Crippen LogP) is 4.13. The van der Waals surface area contributed by atoms with Crippen molar-refractivity contribution in [3.63, 3.8) is 0 Å². The zero-order valence-electron chi connectivity index (χ0n) is 13.1. The normalized spacial score (nSPS) is 32.7. The number of rotatable bonds is 9. The zero-order valence-corrected chi connectivity index (χ0v) is 14.2.